The minimum Gasteiger partial charge on any atom is -0.456 e. The van der Waals surface area contributed by atoms with Gasteiger partial charge in [-0.15, -0.1) is 0 Å². The van der Waals surface area contributed by atoms with E-state index in [2.05, 4.69) is 4.98 Å². The number of aliphatic hydroxyl groups excluding tert-OH is 1. The lowest BCUT2D eigenvalue weighted by Gasteiger charge is -2.32. The summed E-state index contributed by atoms with van der Waals surface area (Å²) in [7, 11) is 1.57. The molecular formula is C32H30FN3O6. The van der Waals surface area contributed by atoms with Gasteiger partial charge in [-0.05, 0) is 18.1 Å². The number of amides is 1. The lowest BCUT2D eigenvalue weighted by atomic mass is 9.84. The lowest BCUT2D eigenvalue weighted by Crippen LogP contribution is -2.42. The van der Waals surface area contributed by atoms with Crippen molar-refractivity contribution < 1.29 is 23.8 Å². The van der Waals surface area contributed by atoms with Gasteiger partial charge >= 0.3 is 5.69 Å². The molecule has 3 heterocycles. The molecule has 6 rings (SSSR count). The largest absolute Gasteiger partial charge is 0.456 e. The predicted octanol–water partition coefficient (Wildman–Crippen LogP) is 3.76. The van der Waals surface area contributed by atoms with Crippen LogP contribution in [0.5, 0.6) is 11.5 Å². The first-order valence-corrected chi connectivity index (χ1v) is 13.8. The van der Waals surface area contributed by atoms with E-state index in [1.54, 1.807) is 14.0 Å². The molecule has 1 fully saturated rings. The number of benzene rings is 3. The van der Waals surface area contributed by atoms with Gasteiger partial charge in [0.1, 0.15) is 23.7 Å². The van der Waals surface area contributed by atoms with Crippen LogP contribution in [0, 0.1) is 0 Å². The third kappa shape index (κ3) is 4.72. The summed E-state index contributed by atoms with van der Waals surface area (Å²) in [4.78, 5) is 42.1. The number of halogens is 1. The van der Waals surface area contributed by atoms with E-state index in [4.69, 9.17) is 9.47 Å². The maximum absolute atomic E-state index is 15.3. The topological polar surface area (TPSA) is 114 Å². The second kappa shape index (κ2) is 11.0. The number of carbonyl (C=O) groups excluding carboxylic acids is 1. The van der Waals surface area contributed by atoms with Crippen LogP contribution in [0.1, 0.15) is 35.8 Å². The smallest absolute Gasteiger partial charge is 0.330 e. The Kier molecular flexibility index (Phi) is 7.26. The summed E-state index contributed by atoms with van der Waals surface area (Å²) >= 11 is 0. The van der Waals surface area contributed by atoms with Crippen LogP contribution in [0.25, 0.3) is 11.1 Å². The van der Waals surface area contributed by atoms with E-state index < -0.39 is 41.8 Å². The molecule has 42 heavy (non-hydrogen) atoms. The number of alkyl halides is 1. The van der Waals surface area contributed by atoms with Gasteiger partial charge in [0, 0.05) is 42.0 Å². The van der Waals surface area contributed by atoms with Crippen molar-refractivity contribution in [3.05, 3.63) is 117 Å². The van der Waals surface area contributed by atoms with Crippen LogP contribution in [0.4, 0.5) is 4.39 Å². The Bertz CT molecular complexity index is 1750. The molecule has 3 aromatic carbocycles. The van der Waals surface area contributed by atoms with Gasteiger partial charge in [0.05, 0.1) is 5.92 Å². The summed E-state index contributed by atoms with van der Waals surface area (Å²) < 4.78 is 28.4. The summed E-state index contributed by atoms with van der Waals surface area (Å²) in [5.74, 6) is 0.133. The molecule has 4 aromatic rings. The number of nitrogens with one attached hydrogen (secondary N) is 1. The van der Waals surface area contributed by atoms with Gasteiger partial charge < -0.3 is 19.5 Å². The second-order valence-corrected chi connectivity index (χ2v) is 10.6. The maximum atomic E-state index is 15.3. The fourth-order valence-corrected chi connectivity index (χ4v) is 5.72. The second-order valence-electron chi connectivity index (χ2n) is 10.6. The number of para-hydroxylation sites is 2. The zero-order valence-corrected chi connectivity index (χ0v) is 23.1. The molecule has 9 nitrogen and oxygen atoms in total. The van der Waals surface area contributed by atoms with Gasteiger partial charge in [-0.3, -0.25) is 19.1 Å². The summed E-state index contributed by atoms with van der Waals surface area (Å²) in [6.07, 6.45) is -4.56. The predicted molar refractivity (Wildman–Crippen MR) is 153 cm³/mol. The van der Waals surface area contributed by atoms with E-state index in [9.17, 15) is 19.5 Å². The van der Waals surface area contributed by atoms with Crippen molar-refractivity contribution in [2.75, 3.05) is 13.6 Å². The van der Waals surface area contributed by atoms with E-state index in [0.29, 0.717) is 29.0 Å². The zero-order valence-electron chi connectivity index (χ0n) is 23.1. The standard InChI is InChI=1S/C32H30FN3O6/c1-3-18-16-36(32(40)34-29(18)38)31-26(33)27(37)24(42-31)17-35(2)30(39)25-21-12-7-8-15-23(21)41-28-20(13-9-14-22(25)28)19-10-5-4-6-11-19/h4-16,24-27,31,37H,3,17H2,1-2H3,(H,34,38,40)/t24-,25?,26+,27-,31-/m1/s1. The third-order valence-electron chi connectivity index (χ3n) is 7.95. The number of hydrogen-bond acceptors (Lipinski definition) is 6. The van der Waals surface area contributed by atoms with Crippen molar-refractivity contribution >= 4 is 5.91 Å². The lowest BCUT2D eigenvalue weighted by molar-refractivity contribution is -0.133. The number of rotatable bonds is 6. The molecule has 216 valence electrons. The summed E-state index contributed by atoms with van der Waals surface area (Å²) in [6, 6.07) is 22.8. The average molecular weight is 572 g/mol. The molecule has 5 atom stereocenters. The first-order valence-electron chi connectivity index (χ1n) is 13.8. The highest BCUT2D eigenvalue weighted by Gasteiger charge is 2.47. The molecular weight excluding hydrogens is 541 g/mol. The Hall–Kier alpha value is -4.54. The average Bonchev–Trinajstić information content (AvgIpc) is 3.28. The molecule has 0 saturated carbocycles. The van der Waals surface area contributed by atoms with E-state index in [0.717, 1.165) is 15.7 Å². The minimum absolute atomic E-state index is 0.136. The SMILES string of the molecule is CCc1cn([C@@H]2O[C@H](CN(C)C(=O)C3c4ccccc4Oc4c(-c5ccccc5)cccc43)[C@@H](O)[C@@H]2F)c(=O)[nH]c1=O. The van der Waals surface area contributed by atoms with Crippen LogP contribution >= 0.6 is 0 Å². The zero-order chi connectivity index (χ0) is 29.5. The number of ether oxygens (including phenoxy) is 2. The highest BCUT2D eigenvalue weighted by molar-refractivity contribution is 5.91. The van der Waals surface area contributed by atoms with Crippen LogP contribution in [-0.2, 0) is 16.0 Å². The number of aliphatic hydroxyl groups is 1. The fraction of sp³-hybridized carbons (Fsp3) is 0.281. The first kappa shape index (κ1) is 27.6. The Labute approximate surface area is 240 Å². The highest BCUT2D eigenvalue weighted by Crippen LogP contribution is 2.48. The molecule has 0 spiro atoms. The number of nitrogens with zero attached hydrogens (tertiary/aromatic N) is 2. The number of aromatic amines is 1. The van der Waals surface area contributed by atoms with Crippen LogP contribution in [0.15, 0.2) is 88.6 Å². The van der Waals surface area contributed by atoms with Crippen molar-refractivity contribution in [2.45, 2.75) is 43.9 Å². The number of fused-ring (bicyclic) bond motifs is 2. The number of H-pyrrole nitrogens is 1. The van der Waals surface area contributed by atoms with Crippen molar-refractivity contribution in [1.82, 2.24) is 14.5 Å². The van der Waals surface area contributed by atoms with Gasteiger partial charge in [0.15, 0.2) is 12.4 Å². The monoisotopic (exact) mass is 571 g/mol. The number of hydrogen-bond donors (Lipinski definition) is 2. The van der Waals surface area contributed by atoms with Crippen LogP contribution in [-0.4, -0.2) is 57.4 Å². The molecule has 2 aliphatic rings. The van der Waals surface area contributed by atoms with Gasteiger partial charge in [0.2, 0.25) is 5.91 Å². The summed E-state index contributed by atoms with van der Waals surface area (Å²) in [5, 5.41) is 10.7. The van der Waals surface area contributed by atoms with Gasteiger partial charge in [-0.1, -0.05) is 73.7 Å². The molecule has 1 aromatic heterocycles. The Morgan fingerprint density at radius 1 is 1.02 bits per heavy atom. The summed E-state index contributed by atoms with van der Waals surface area (Å²) in [5.41, 5.74) is 2.05. The molecule has 1 saturated heterocycles. The quantitative estimate of drug-likeness (QED) is 0.365. The fourth-order valence-electron chi connectivity index (χ4n) is 5.72. The highest BCUT2D eigenvalue weighted by atomic mass is 19.1. The molecule has 0 bridgehead atoms. The molecule has 2 N–H and O–H groups in total. The van der Waals surface area contributed by atoms with E-state index in [-0.39, 0.29) is 18.0 Å². The van der Waals surface area contributed by atoms with Gasteiger partial charge in [-0.25, -0.2) is 9.18 Å². The van der Waals surface area contributed by atoms with E-state index in [1.807, 2.05) is 72.8 Å². The Balaban J connectivity index is 1.30. The summed E-state index contributed by atoms with van der Waals surface area (Å²) in [6.45, 7) is 1.60. The van der Waals surface area contributed by atoms with Gasteiger partial charge in [0.25, 0.3) is 5.56 Å². The number of aryl methyl sites for hydroxylation is 1. The van der Waals surface area contributed by atoms with Crippen molar-refractivity contribution in [2.24, 2.45) is 0 Å². The number of aromatic nitrogens is 2. The van der Waals surface area contributed by atoms with Crippen molar-refractivity contribution in [1.29, 1.82) is 0 Å². The van der Waals surface area contributed by atoms with Crippen molar-refractivity contribution in [3.8, 4) is 22.6 Å². The van der Waals surface area contributed by atoms with E-state index >= 15 is 4.39 Å². The molecule has 2 aliphatic heterocycles. The van der Waals surface area contributed by atoms with Crippen LogP contribution in [0.3, 0.4) is 0 Å². The molecule has 10 heteroatoms. The Morgan fingerprint density at radius 3 is 2.50 bits per heavy atom. The van der Waals surface area contributed by atoms with Crippen LogP contribution in [0.2, 0.25) is 0 Å². The molecule has 1 amide bonds. The van der Waals surface area contributed by atoms with Crippen molar-refractivity contribution in [3.63, 3.8) is 0 Å². The van der Waals surface area contributed by atoms with Gasteiger partial charge in [-0.2, -0.15) is 0 Å². The maximum Gasteiger partial charge on any atom is 0.330 e. The first-order chi connectivity index (χ1) is 20.3. The number of likely N-dealkylation sites (N-methyl/N-ethyl adjacent to an activating group) is 1. The normalized spacial score (nSPS) is 22.6. The minimum atomic E-state index is -1.95. The number of carbonyl (C=O) groups is 1. The molecule has 0 aliphatic carbocycles. The molecule has 0 radical (unpaired) electrons. The molecule has 1 unspecified atom stereocenters. The van der Waals surface area contributed by atoms with E-state index in [1.165, 1.54) is 11.1 Å². The third-order valence-corrected chi connectivity index (χ3v) is 7.95. The van der Waals surface area contributed by atoms with Crippen LogP contribution < -0.4 is 16.0 Å². The Morgan fingerprint density at radius 2 is 1.74 bits per heavy atom.